The summed E-state index contributed by atoms with van der Waals surface area (Å²) in [6.07, 6.45) is 10.0. The Kier molecular flexibility index (Phi) is 9.22. The normalized spacial score (nSPS) is 28.6. The van der Waals surface area contributed by atoms with Crippen molar-refractivity contribution >= 4 is 34.9 Å². The van der Waals surface area contributed by atoms with Gasteiger partial charge < -0.3 is 10.2 Å². The molecule has 0 bridgehead atoms. The van der Waals surface area contributed by atoms with Crippen LogP contribution in [0.1, 0.15) is 63.5 Å². The second-order valence-corrected chi connectivity index (χ2v) is 13.7. The van der Waals surface area contributed by atoms with Gasteiger partial charge >= 0.3 is 0 Å². The van der Waals surface area contributed by atoms with Gasteiger partial charge in [-0.25, -0.2) is 22.6 Å². The molecule has 4 nitrogen and oxygen atoms in total. The highest BCUT2D eigenvalue weighted by atomic mass is 35.5. The van der Waals surface area contributed by atoms with Crippen LogP contribution in [0.2, 0.25) is 5.02 Å². The van der Waals surface area contributed by atoms with Crippen molar-refractivity contribution in [2.24, 2.45) is 21.8 Å². The first-order valence-corrected chi connectivity index (χ1v) is 16.5. The maximum atomic E-state index is 14.1. The number of hydrogen-bond donors (Lipinski definition) is 1. The lowest BCUT2D eigenvalue weighted by molar-refractivity contribution is -0.0464. The van der Waals surface area contributed by atoms with Crippen molar-refractivity contribution in [3.8, 4) is 0 Å². The van der Waals surface area contributed by atoms with Crippen LogP contribution in [0.25, 0.3) is 0 Å². The second kappa shape index (κ2) is 12.9. The van der Waals surface area contributed by atoms with Gasteiger partial charge in [0.05, 0.1) is 16.7 Å². The van der Waals surface area contributed by atoms with E-state index in [0.717, 1.165) is 61.7 Å². The first kappa shape index (κ1) is 30.7. The summed E-state index contributed by atoms with van der Waals surface area (Å²) in [5.74, 6) is -1.26. The van der Waals surface area contributed by atoms with Crippen molar-refractivity contribution in [1.82, 2.24) is 10.2 Å². The van der Waals surface area contributed by atoms with E-state index in [4.69, 9.17) is 21.6 Å². The fourth-order valence-corrected chi connectivity index (χ4v) is 7.98. The van der Waals surface area contributed by atoms with Crippen LogP contribution in [0.3, 0.4) is 0 Å². The van der Waals surface area contributed by atoms with Gasteiger partial charge in [0.1, 0.15) is 23.9 Å². The first-order valence-electron chi connectivity index (χ1n) is 15.2. The van der Waals surface area contributed by atoms with Crippen molar-refractivity contribution in [3.05, 3.63) is 81.3 Å². The SMILES string of the molecule is CC(F)/C=C1\C=CC(C2=C3C[C@H](CNCCC4CCC(F)(F)CC4)CN3C(C3CC=CS3)=N[C@H]2c2ccc(F)cc2Cl)=N1. The van der Waals surface area contributed by atoms with Gasteiger partial charge in [0.15, 0.2) is 0 Å². The fourth-order valence-electron chi connectivity index (χ4n) is 6.77. The van der Waals surface area contributed by atoms with E-state index < -0.39 is 24.0 Å². The predicted octanol–water partition coefficient (Wildman–Crippen LogP) is 8.59. The zero-order valence-corrected chi connectivity index (χ0v) is 25.8. The number of benzene rings is 1. The monoisotopic (exact) mass is 632 g/mol. The van der Waals surface area contributed by atoms with Crippen LogP contribution in [0, 0.1) is 17.7 Å². The third-order valence-electron chi connectivity index (χ3n) is 8.94. The quantitative estimate of drug-likeness (QED) is 0.219. The molecule has 10 heteroatoms. The summed E-state index contributed by atoms with van der Waals surface area (Å²) in [6.45, 7) is 3.87. The molecular formula is C33H37ClF4N4S. The maximum absolute atomic E-state index is 14.1. The van der Waals surface area contributed by atoms with E-state index in [9.17, 15) is 17.6 Å². The summed E-state index contributed by atoms with van der Waals surface area (Å²) >= 11 is 8.39. The molecule has 5 aliphatic rings. The zero-order valence-electron chi connectivity index (χ0n) is 24.2. The molecule has 4 aliphatic heterocycles. The van der Waals surface area contributed by atoms with E-state index in [1.54, 1.807) is 17.8 Å². The van der Waals surface area contributed by atoms with Crippen molar-refractivity contribution in [2.75, 3.05) is 19.6 Å². The summed E-state index contributed by atoms with van der Waals surface area (Å²) in [5, 5.41) is 6.20. The van der Waals surface area contributed by atoms with Gasteiger partial charge in [-0.2, -0.15) is 0 Å². The van der Waals surface area contributed by atoms with Crippen LogP contribution in [0.5, 0.6) is 0 Å². The number of halogens is 5. The summed E-state index contributed by atoms with van der Waals surface area (Å²) in [6, 6.07) is 3.96. The minimum atomic E-state index is -2.49. The van der Waals surface area contributed by atoms with Gasteiger partial charge in [0.2, 0.25) is 5.92 Å². The Morgan fingerprint density at radius 1 is 1.21 bits per heavy atom. The molecule has 4 heterocycles. The van der Waals surface area contributed by atoms with Gasteiger partial charge in [0.25, 0.3) is 0 Å². The highest BCUT2D eigenvalue weighted by Crippen LogP contribution is 2.46. The van der Waals surface area contributed by atoms with E-state index in [1.807, 2.05) is 12.2 Å². The molecule has 1 saturated heterocycles. The molecule has 1 aromatic rings. The third kappa shape index (κ3) is 6.99. The Morgan fingerprint density at radius 3 is 2.74 bits per heavy atom. The summed E-state index contributed by atoms with van der Waals surface area (Å²) in [5.41, 5.74) is 4.05. The number of fused-ring (bicyclic) bond motifs is 1. The van der Waals surface area contributed by atoms with Crippen LogP contribution in [-0.2, 0) is 0 Å². The smallest absolute Gasteiger partial charge is 0.248 e. The number of amidine groups is 1. The van der Waals surface area contributed by atoms with Crippen molar-refractivity contribution in [1.29, 1.82) is 0 Å². The standard InChI is InChI=1S/C33H37ClF4N4S/c1-20(35)15-24-5-7-27(40-24)30-28-16-22(18-39-13-10-21-8-11-33(37,38)12-9-21)19-42(28)32(29-3-2-14-43-29)41-31(30)25-6-4-23(36)17-26(25)34/h2,4-7,14-15,17,20-22,29,31,39H,3,8-13,16,18-19H2,1H3/b24-15+/t20?,22-,29?,31+/m1/s1. The van der Waals surface area contributed by atoms with E-state index >= 15 is 0 Å². The minimum Gasteiger partial charge on any atom is -0.332 e. The molecule has 43 heavy (non-hydrogen) atoms. The van der Waals surface area contributed by atoms with Crippen LogP contribution in [0.15, 0.2) is 74.9 Å². The number of nitrogens with one attached hydrogen (secondary N) is 1. The Labute approximate surface area is 260 Å². The molecule has 1 N–H and O–H groups in total. The predicted molar refractivity (Wildman–Crippen MR) is 168 cm³/mol. The molecule has 1 aliphatic carbocycles. The summed E-state index contributed by atoms with van der Waals surface area (Å²) < 4.78 is 55.0. The first-order chi connectivity index (χ1) is 20.7. The Hall–Kier alpha value is -2.36. The van der Waals surface area contributed by atoms with E-state index in [-0.39, 0.29) is 18.1 Å². The number of rotatable bonds is 9. The average Bonchev–Trinajstić information content (AvgIpc) is 3.72. The summed E-state index contributed by atoms with van der Waals surface area (Å²) in [7, 11) is 0. The Balaban J connectivity index is 1.28. The molecule has 0 amide bonds. The van der Waals surface area contributed by atoms with E-state index in [1.165, 1.54) is 25.1 Å². The number of hydrogen-bond acceptors (Lipinski definition) is 5. The van der Waals surface area contributed by atoms with Crippen LogP contribution >= 0.6 is 23.4 Å². The molecule has 4 atom stereocenters. The molecule has 0 spiro atoms. The van der Waals surface area contributed by atoms with Crippen molar-refractivity contribution in [3.63, 3.8) is 0 Å². The van der Waals surface area contributed by atoms with E-state index in [2.05, 4.69) is 21.7 Å². The van der Waals surface area contributed by atoms with E-state index in [0.29, 0.717) is 41.0 Å². The zero-order chi connectivity index (χ0) is 30.1. The van der Waals surface area contributed by atoms with Gasteiger partial charge in [-0.05, 0) is 93.2 Å². The molecule has 1 aromatic carbocycles. The Bertz CT molecular complexity index is 1400. The molecular weight excluding hydrogens is 596 g/mol. The van der Waals surface area contributed by atoms with Crippen LogP contribution in [0.4, 0.5) is 17.6 Å². The Morgan fingerprint density at radius 2 is 2.02 bits per heavy atom. The van der Waals surface area contributed by atoms with Crippen molar-refractivity contribution in [2.45, 2.75) is 75.3 Å². The summed E-state index contributed by atoms with van der Waals surface area (Å²) in [4.78, 5) is 12.4. The van der Waals surface area contributed by atoms with Gasteiger partial charge in [-0.15, -0.1) is 11.8 Å². The fraction of sp³-hybridized carbons (Fsp3) is 0.515. The third-order valence-corrected chi connectivity index (χ3v) is 10.4. The molecule has 0 aromatic heterocycles. The highest BCUT2D eigenvalue weighted by Gasteiger charge is 2.42. The van der Waals surface area contributed by atoms with Crippen LogP contribution in [-0.4, -0.2) is 53.4 Å². The molecule has 2 fully saturated rings. The topological polar surface area (TPSA) is 40.0 Å². The van der Waals surface area contributed by atoms with Gasteiger partial charge in [0, 0.05) is 47.8 Å². The van der Waals surface area contributed by atoms with Crippen LogP contribution < -0.4 is 5.32 Å². The molecule has 1 saturated carbocycles. The average molecular weight is 633 g/mol. The lowest BCUT2D eigenvalue weighted by Gasteiger charge is -2.35. The minimum absolute atomic E-state index is 0.00104. The lowest BCUT2D eigenvalue weighted by atomic mass is 9.85. The van der Waals surface area contributed by atoms with Crippen molar-refractivity contribution < 1.29 is 17.6 Å². The van der Waals surface area contributed by atoms with Gasteiger partial charge in [-0.3, -0.25) is 4.99 Å². The molecule has 0 radical (unpaired) electrons. The second-order valence-electron chi connectivity index (χ2n) is 12.2. The highest BCUT2D eigenvalue weighted by molar-refractivity contribution is 8.03. The largest absolute Gasteiger partial charge is 0.332 e. The number of allylic oxidation sites excluding steroid dienone is 5. The number of alkyl halides is 3. The number of thioether (sulfide) groups is 1. The number of aliphatic imine (C=N–C) groups is 2. The molecule has 230 valence electrons. The number of nitrogens with zero attached hydrogens (tertiary/aromatic N) is 3. The maximum Gasteiger partial charge on any atom is 0.248 e. The lowest BCUT2D eigenvalue weighted by Crippen LogP contribution is -2.40. The molecule has 2 unspecified atom stereocenters. The molecule has 6 rings (SSSR count). The van der Waals surface area contributed by atoms with Gasteiger partial charge in [-0.1, -0.05) is 23.7 Å².